The van der Waals surface area contributed by atoms with E-state index in [4.69, 9.17) is 10.5 Å². The summed E-state index contributed by atoms with van der Waals surface area (Å²) in [5, 5.41) is 0. The van der Waals surface area contributed by atoms with Gasteiger partial charge in [0, 0.05) is 10.2 Å². The molecule has 0 saturated heterocycles. The molecule has 1 rings (SSSR count). The van der Waals surface area contributed by atoms with Gasteiger partial charge < -0.3 is 10.5 Å². The zero-order valence-electron chi connectivity index (χ0n) is 8.11. The molecule has 82 valence electrons. The quantitative estimate of drug-likeness (QED) is 0.816. The van der Waals surface area contributed by atoms with Gasteiger partial charge in [-0.2, -0.15) is 0 Å². The Labute approximate surface area is 101 Å². The van der Waals surface area contributed by atoms with Gasteiger partial charge in [0.15, 0.2) is 0 Å². The van der Waals surface area contributed by atoms with E-state index in [1.165, 1.54) is 11.8 Å². The molecule has 0 radical (unpaired) electrons. The SMILES string of the molecule is NC(=O)CSCCOc1ccc(Br)cc1. The van der Waals surface area contributed by atoms with Crippen molar-refractivity contribution >= 4 is 33.6 Å². The van der Waals surface area contributed by atoms with E-state index >= 15 is 0 Å². The second-order valence-electron chi connectivity index (χ2n) is 2.82. The molecule has 0 spiro atoms. The molecule has 0 aliphatic heterocycles. The van der Waals surface area contributed by atoms with E-state index in [9.17, 15) is 4.79 Å². The van der Waals surface area contributed by atoms with Crippen LogP contribution in [0.15, 0.2) is 28.7 Å². The monoisotopic (exact) mass is 289 g/mol. The number of primary amides is 1. The first-order valence-corrected chi connectivity index (χ1v) is 6.37. The van der Waals surface area contributed by atoms with Crippen LogP contribution in [0, 0.1) is 0 Å². The molecule has 1 aromatic rings. The van der Waals surface area contributed by atoms with Crippen molar-refractivity contribution in [2.75, 3.05) is 18.1 Å². The first-order chi connectivity index (χ1) is 7.18. The fourth-order valence-corrected chi connectivity index (χ4v) is 1.73. The van der Waals surface area contributed by atoms with Crippen molar-refractivity contribution in [2.24, 2.45) is 5.73 Å². The van der Waals surface area contributed by atoms with Crippen molar-refractivity contribution in [1.29, 1.82) is 0 Å². The smallest absolute Gasteiger partial charge is 0.227 e. The molecule has 0 fully saturated rings. The van der Waals surface area contributed by atoms with Crippen LogP contribution in [0.1, 0.15) is 0 Å². The first kappa shape index (κ1) is 12.4. The summed E-state index contributed by atoms with van der Waals surface area (Å²) in [5.74, 6) is 1.66. The summed E-state index contributed by atoms with van der Waals surface area (Å²) in [6.07, 6.45) is 0. The minimum atomic E-state index is -0.288. The number of hydrogen-bond donors (Lipinski definition) is 1. The molecule has 0 saturated carbocycles. The maximum absolute atomic E-state index is 10.4. The summed E-state index contributed by atoms with van der Waals surface area (Å²) in [6.45, 7) is 0.583. The van der Waals surface area contributed by atoms with E-state index in [0.717, 1.165) is 16.0 Å². The van der Waals surface area contributed by atoms with Crippen molar-refractivity contribution < 1.29 is 9.53 Å². The van der Waals surface area contributed by atoms with Crippen LogP contribution in [0.2, 0.25) is 0 Å². The maximum atomic E-state index is 10.4. The van der Waals surface area contributed by atoms with Crippen molar-refractivity contribution in [3.8, 4) is 5.75 Å². The number of thioether (sulfide) groups is 1. The standard InChI is InChI=1S/C10H12BrNO2S/c11-8-1-3-9(4-2-8)14-5-6-15-7-10(12)13/h1-4H,5-7H2,(H2,12,13). The van der Waals surface area contributed by atoms with E-state index in [0.29, 0.717) is 12.4 Å². The highest BCUT2D eigenvalue weighted by atomic mass is 79.9. The van der Waals surface area contributed by atoms with Crippen LogP contribution in [0.3, 0.4) is 0 Å². The van der Waals surface area contributed by atoms with Gasteiger partial charge in [-0.1, -0.05) is 15.9 Å². The molecule has 0 aliphatic carbocycles. The van der Waals surface area contributed by atoms with Gasteiger partial charge in [-0.3, -0.25) is 4.79 Å². The molecular formula is C10H12BrNO2S. The maximum Gasteiger partial charge on any atom is 0.227 e. The number of ether oxygens (including phenoxy) is 1. The number of carbonyl (C=O) groups excluding carboxylic acids is 1. The van der Waals surface area contributed by atoms with Crippen LogP contribution in [-0.2, 0) is 4.79 Å². The van der Waals surface area contributed by atoms with Gasteiger partial charge in [-0.15, -0.1) is 11.8 Å². The molecule has 1 amide bonds. The first-order valence-electron chi connectivity index (χ1n) is 4.43. The molecule has 5 heteroatoms. The Kier molecular flexibility index (Phi) is 5.57. The second kappa shape index (κ2) is 6.74. The molecular weight excluding hydrogens is 278 g/mol. The largest absolute Gasteiger partial charge is 0.493 e. The summed E-state index contributed by atoms with van der Waals surface area (Å²) in [6, 6.07) is 7.63. The van der Waals surface area contributed by atoms with E-state index in [2.05, 4.69) is 15.9 Å². The Morgan fingerprint density at radius 1 is 1.40 bits per heavy atom. The molecule has 0 heterocycles. The molecule has 0 atom stereocenters. The normalized spacial score (nSPS) is 9.93. The summed E-state index contributed by atoms with van der Waals surface area (Å²) < 4.78 is 6.47. The molecule has 0 unspecified atom stereocenters. The zero-order chi connectivity index (χ0) is 11.1. The number of hydrogen-bond acceptors (Lipinski definition) is 3. The highest BCUT2D eigenvalue weighted by Crippen LogP contribution is 2.16. The lowest BCUT2D eigenvalue weighted by atomic mass is 10.3. The van der Waals surface area contributed by atoms with Crippen LogP contribution in [0.4, 0.5) is 0 Å². The Balaban J connectivity index is 2.15. The van der Waals surface area contributed by atoms with E-state index in [-0.39, 0.29) is 5.91 Å². The third-order valence-electron chi connectivity index (χ3n) is 1.55. The van der Waals surface area contributed by atoms with Crippen LogP contribution >= 0.6 is 27.7 Å². The van der Waals surface area contributed by atoms with Gasteiger partial charge in [0.2, 0.25) is 5.91 Å². The van der Waals surface area contributed by atoms with Gasteiger partial charge in [-0.05, 0) is 24.3 Å². The number of amides is 1. The van der Waals surface area contributed by atoms with Crippen molar-refractivity contribution in [1.82, 2.24) is 0 Å². The highest BCUT2D eigenvalue weighted by molar-refractivity contribution is 9.10. The third kappa shape index (κ3) is 5.69. The highest BCUT2D eigenvalue weighted by Gasteiger charge is 1.96. The number of benzene rings is 1. The van der Waals surface area contributed by atoms with Crippen LogP contribution < -0.4 is 10.5 Å². The fraction of sp³-hybridized carbons (Fsp3) is 0.300. The molecule has 1 aromatic carbocycles. The van der Waals surface area contributed by atoms with E-state index in [1.54, 1.807) is 0 Å². The van der Waals surface area contributed by atoms with Gasteiger partial charge in [0.05, 0.1) is 12.4 Å². The van der Waals surface area contributed by atoms with Crippen LogP contribution in [-0.4, -0.2) is 24.0 Å². The third-order valence-corrected chi connectivity index (χ3v) is 3.03. The predicted molar refractivity (Wildman–Crippen MR) is 66.2 cm³/mol. The minimum absolute atomic E-state index is 0.288. The average molecular weight is 290 g/mol. The lowest BCUT2D eigenvalue weighted by Crippen LogP contribution is -2.14. The van der Waals surface area contributed by atoms with Gasteiger partial charge in [0.25, 0.3) is 0 Å². The van der Waals surface area contributed by atoms with Gasteiger partial charge in [0.1, 0.15) is 5.75 Å². The van der Waals surface area contributed by atoms with Gasteiger partial charge in [-0.25, -0.2) is 0 Å². The summed E-state index contributed by atoms with van der Waals surface area (Å²) in [5.41, 5.74) is 5.00. The van der Waals surface area contributed by atoms with Crippen molar-refractivity contribution in [2.45, 2.75) is 0 Å². The Morgan fingerprint density at radius 3 is 2.67 bits per heavy atom. The average Bonchev–Trinajstić information content (AvgIpc) is 2.20. The number of rotatable bonds is 6. The molecule has 0 aliphatic rings. The molecule has 15 heavy (non-hydrogen) atoms. The number of nitrogens with two attached hydrogens (primary N) is 1. The van der Waals surface area contributed by atoms with Crippen LogP contribution in [0.5, 0.6) is 5.75 Å². The lowest BCUT2D eigenvalue weighted by molar-refractivity contribution is -0.115. The van der Waals surface area contributed by atoms with E-state index in [1.807, 2.05) is 24.3 Å². The predicted octanol–water partition coefficient (Wildman–Crippen LogP) is 2.05. The Morgan fingerprint density at radius 2 is 2.07 bits per heavy atom. The summed E-state index contributed by atoms with van der Waals surface area (Å²) in [4.78, 5) is 10.4. The summed E-state index contributed by atoms with van der Waals surface area (Å²) in [7, 11) is 0. The lowest BCUT2D eigenvalue weighted by Gasteiger charge is -2.05. The topological polar surface area (TPSA) is 52.3 Å². The second-order valence-corrected chi connectivity index (χ2v) is 4.84. The zero-order valence-corrected chi connectivity index (χ0v) is 10.5. The van der Waals surface area contributed by atoms with Crippen molar-refractivity contribution in [3.05, 3.63) is 28.7 Å². The number of carbonyl (C=O) groups is 1. The Hall–Kier alpha value is -0.680. The number of halogens is 1. The molecule has 0 bridgehead atoms. The van der Waals surface area contributed by atoms with Crippen LogP contribution in [0.25, 0.3) is 0 Å². The molecule has 0 aromatic heterocycles. The minimum Gasteiger partial charge on any atom is -0.493 e. The Bertz CT molecular complexity index is 316. The molecule has 3 nitrogen and oxygen atoms in total. The van der Waals surface area contributed by atoms with Crippen molar-refractivity contribution in [3.63, 3.8) is 0 Å². The van der Waals surface area contributed by atoms with Gasteiger partial charge >= 0.3 is 0 Å². The molecule has 2 N–H and O–H groups in total. The van der Waals surface area contributed by atoms with E-state index < -0.39 is 0 Å². The summed E-state index contributed by atoms with van der Waals surface area (Å²) >= 11 is 4.82. The fourth-order valence-electron chi connectivity index (χ4n) is 0.922.